The zero-order valence-electron chi connectivity index (χ0n) is 15.1. The zero-order chi connectivity index (χ0) is 18.6. The van der Waals surface area contributed by atoms with Crippen LogP contribution in [0.4, 0.5) is 0 Å². The summed E-state index contributed by atoms with van der Waals surface area (Å²) in [5.41, 5.74) is 0.913. The molecule has 0 aliphatic carbocycles. The summed E-state index contributed by atoms with van der Waals surface area (Å²) in [4.78, 5) is 17.3. The molecule has 140 valence electrons. The maximum absolute atomic E-state index is 13.0. The molecule has 2 aromatic heterocycles. The summed E-state index contributed by atoms with van der Waals surface area (Å²) >= 11 is 1.71. The highest BCUT2D eigenvalue weighted by molar-refractivity contribution is 7.11. The molecule has 1 aliphatic heterocycles. The molecule has 0 fully saturated rings. The van der Waals surface area contributed by atoms with Crippen molar-refractivity contribution in [2.24, 2.45) is 0 Å². The van der Waals surface area contributed by atoms with Crippen LogP contribution < -0.4 is 9.47 Å². The molecule has 0 atom stereocenters. The van der Waals surface area contributed by atoms with Crippen LogP contribution in [0.15, 0.2) is 53.1 Å². The number of hydrogen-bond donors (Lipinski definition) is 0. The van der Waals surface area contributed by atoms with E-state index < -0.39 is 0 Å². The van der Waals surface area contributed by atoms with E-state index in [0.29, 0.717) is 38.5 Å². The van der Waals surface area contributed by atoms with E-state index in [2.05, 4.69) is 19.1 Å². The second kappa shape index (κ2) is 7.88. The monoisotopic (exact) mass is 383 g/mol. The third kappa shape index (κ3) is 4.34. The Morgan fingerprint density at radius 2 is 1.93 bits per heavy atom. The van der Waals surface area contributed by atoms with E-state index in [4.69, 9.17) is 13.9 Å². The fraction of sp³-hybridized carbons (Fsp3) is 0.286. The van der Waals surface area contributed by atoms with Crippen molar-refractivity contribution in [2.75, 3.05) is 13.2 Å². The molecule has 0 radical (unpaired) electrons. The minimum Gasteiger partial charge on any atom is -0.486 e. The predicted octanol–water partition coefficient (Wildman–Crippen LogP) is 4.19. The van der Waals surface area contributed by atoms with Crippen molar-refractivity contribution in [3.8, 4) is 11.5 Å². The third-order valence-electron chi connectivity index (χ3n) is 4.38. The van der Waals surface area contributed by atoms with Crippen molar-refractivity contribution < 1.29 is 18.7 Å². The SMILES string of the molecule is Cc1ccc(CN(Cc2ccco2)C(=O)Cc2ccc3c(c2)OCCO3)s1. The average Bonchev–Trinajstić information content (AvgIpc) is 3.33. The Labute approximate surface area is 162 Å². The normalized spacial score (nSPS) is 12.8. The van der Waals surface area contributed by atoms with Gasteiger partial charge in [0, 0.05) is 9.75 Å². The molecule has 0 saturated carbocycles. The van der Waals surface area contributed by atoms with Gasteiger partial charge >= 0.3 is 0 Å². The molecule has 4 rings (SSSR count). The first-order chi connectivity index (χ1) is 13.2. The molecule has 0 spiro atoms. The fourth-order valence-electron chi connectivity index (χ4n) is 3.07. The van der Waals surface area contributed by atoms with E-state index in [1.807, 2.05) is 35.2 Å². The van der Waals surface area contributed by atoms with Crippen molar-refractivity contribution in [2.45, 2.75) is 26.4 Å². The summed E-state index contributed by atoms with van der Waals surface area (Å²) in [6.45, 7) is 4.19. The minimum atomic E-state index is 0.0501. The van der Waals surface area contributed by atoms with Gasteiger partial charge in [-0.15, -0.1) is 11.3 Å². The molecule has 1 aromatic carbocycles. The van der Waals surface area contributed by atoms with Crippen LogP contribution in [-0.4, -0.2) is 24.0 Å². The number of nitrogens with zero attached hydrogens (tertiary/aromatic N) is 1. The average molecular weight is 383 g/mol. The summed E-state index contributed by atoms with van der Waals surface area (Å²) < 4.78 is 16.6. The lowest BCUT2D eigenvalue weighted by Gasteiger charge is -2.22. The van der Waals surface area contributed by atoms with E-state index in [1.165, 1.54) is 4.88 Å². The highest BCUT2D eigenvalue weighted by Crippen LogP contribution is 2.31. The van der Waals surface area contributed by atoms with Crippen molar-refractivity contribution in [1.82, 2.24) is 4.90 Å². The number of amides is 1. The van der Waals surface area contributed by atoms with Gasteiger partial charge in [0.15, 0.2) is 11.5 Å². The zero-order valence-corrected chi connectivity index (χ0v) is 16.0. The Morgan fingerprint density at radius 3 is 2.67 bits per heavy atom. The summed E-state index contributed by atoms with van der Waals surface area (Å²) in [5, 5.41) is 0. The molecule has 27 heavy (non-hydrogen) atoms. The smallest absolute Gasteiger partial charge is 0.227 e. The van der Waals surface area contributed by atoms with Gasteiger partial charge < -0.3 is 18.8 Å². The Balaban J connectivity index is 1.50. The van der Waals surface area contributed by atoms with E-state index in [9.17, 15) is 4.79 Å². The van der Waals surface area contributed by atoms with E-state index in [-0.39, 0.29) is 5.91 Å². The Kier molecular flexibility index (Phi) is 5.16. The minimum absolute atomic E-state index is 0.0501. The molecule has 0 saturated heterocycles. The maximum atomic E-state index is 13.0. The molecule has 1 aliphatic rings. The van der Waals surface area contributed by atoms with Crippen LogP contribution in [0.3, 0.4) is 0 Å². The number of carbonyl (C=O) groups excluding carboxylic acids is 1. The lowest BCUT2D eigenvalue weighted by molar-refractivity contribution is -0.131. The second-order valence-corrected chi connectivity index (χ2v) is 7.87. The molecular formula is C21H21NO4S. The fourth-order valence-corrected chi connectivity index (χ4v) is 3.97. The number of fused-ring (bicyclic) bond motifs is 1. The van der Waals surface area contributed by atoms with Crippen molar-refractivity contribution >= 4 is 17.2 Å². The van der Waals surface area contributed by atoms with Crippen LogP contribution in [0, 0.1) is 6.92 Å². The number of carbonyl (C=O) groups is 1. The molecule has 5 nitrogen and oxygen atoms in total. The highest BCUT2D eigenvalue weighted by atomic mass is 32.1. The van der Waals surface area contributed by atoms with Crippen LogP contribution in [0.25, 0.3) is 0 Å². The summed E-state index contributed by atoms with van der Waals surface area (Å²) in [5.74, 6) is 2.27. The first-order valence-electron chi connectivity index (χ1n) is 8.91. The molecular weight excluding hydrogens is 362 g/mol. The lowest BCUT2D eigenvalue weighted by atomic mass is 10.1. The van der Waals surface area contributed by atoms with Crippen molar-refractivity contribution in [1.29, 1.82) is 0 Å². The van der Waals surface area contributed by atoms with Crippen molar-refractivity contribution in [3.05, 3.63) is 69.8 Å². The molecule has 1 amide bonds. The van der Waals surface area contributed by atoms with Crippen LogP contribution in [-0.2, 0) is 24.3 Å². The number of furan rings is 1. The quantitative estimate of drug-likeness (QED) is 0.640. The van der Waals surface area contributed by atoms with Gasteiger partial charge in [0.05, 0.1) is 25.8 Å². The van der Waals surface area contributed by atoms with Gasteiger partial charge in [0.1, 0.15) is 19.0 Å². The van der Waals surface area contributed by atoms with Crippen LogP contribution in [0.2, 0.25) is 0 Å². The Hall–Kier alpha value is -2.73. The second-order valence-electron chi connectivity index (χ2n) is 6.50. The molecule has 0 bridgehead atoms. The first kappa shape index (κ1) is 17.7. The largest absolute Gasteiger partial charge is 0.486 e. The molecule has 6 heteroatoms. The molecule has 0 N–H and O–H groups in total. The molecule has 3 aromatic rings. The van der Waals surface area contributed by atoms with Gasteiger partial charge in [0.2, 0.25) is 5.91 Å². The van der Waals surface area contributed by atoms with Gasteiger partial charge in [0.25, 0.3) is 0 Å². The molecule has 3 heterocycles. The number of aryl methyl sites for hydroxylation is 1. The Bertz CT molecular complexity index is 916. The first-order valence-corrected chi connectivity index (χ1v) is 9.73. The number of benzene rings is 1. The summed E-state index contributed by atoms with van der Waals surface area (Å²) in [6.07, 6.45) is 1.94. The number of rotatable bonds is 6. The molecule has 0 unspecified atom stereocenters. The van der Waals surface area contributed by atoms with Gasteiger partial charge in [-0.25, -0.2) is 0 Å². The van der Waals surface area contributed by atoms with E-state index in [1.54, 1.807) is 17.6 Å². The number of ether oxygens (including phenoxy) is 2. The number of hydrogen-bond acceptors (Lipinski definition) is 5. The van der Waals surface area contributed by atoms with Crippen LogP contribution in [0.1, 0.15) is 21.1 Å². The van der Waals surface area contributed by atoms with E-state index in [0.717, 1.165) is 22.0 Å². The predicted molar refractivity (Wildman–Crippen MR) is 103 cm³/mol. The van der Waals surface area contributed by atoms with Crippen LogP contribution >= 0.6 is 11.3 Å². The lowest BCUT2D eigenvalue weighted by Crippen LogP contribution is -2.31. The summed E-state index contributed by atoms with van der Waals surface area (Å²) in [6, 6.07) is 13.6. The standard InChI is InChI=1S/C21H21NO4S/c1-15-4-6-18(27-15)14-22(13-17-3-2-8-24-17)21(23)12-16-5-7-19-20(11-16)26-10-9-25-19/h2-8,11H,9-10,12-14H2,1H3. The Morgan fingerprint density at radius 1 is 1.07 bits per heavy atom. The van der Waals surface area contributed by atoms with E-state index >= 15 is 0 Å². The van der Waals surface area contributed by atoms with Gasteiger partial charge in [-0.1, -0.05) is 6.07 Å². The van der Waals surface area contributed by atoms with Gasteiger partial charge in [-0.05, 0) is 48.9 Å². The number of thiophene rings is 1. The van der Waals surface area contributed by atoms with Gasteiger partial charge in [-0.3, -0.25) is 4.79 Å². The highest BCUT2D eigenvalue weighted by Gasteiger charge is 2.19. The maximum Gasteiger partial charge on any atom is 0.227 e. The third-order valence-corrected chi connectivity index (χ3v) is 5.37. The topological polar surface area (TPSA) is 51.9 Å². The van der Waals surface area contributed by atoms with Crippen LogP contribution in [0.5, 0.6) is 11.5 Å². The van der Waals surface area contributed by atoms with Crippen molar-refractivity contribution in [3.63, 3.8) is 0 Å². The van der Waals surface area contributed by atoms with Gasteiger partial charge in [-0.2, -0.15) is 0 Å². The summed E-state index contributed by atoms with van der Waals surface area (Å²) in [7, 11) is 0.